The molecule has 1 heterocycles. The van der Waals surface area contributed by atoms with E-state index >= 15 is 0 Å². The Hall–Kier alpha value is -2.01. The highest BCUT2D eigenvalue weighted by atomic mass is 35.5. The third-order valence-corrected chi connectivity index (χ3v) is 2.41. The Balaban J connectivity index is 2.25. The highest BCUT2D eigenvalue weighted by Gasteiger charge is 2.16. The van der Waals surface area contributed by atoms with E-state index in [1.807, 2.05) is 0 Å². The molecule has 0 fully saturated rings. The lowest BCUT2D eigenvalue weighted by Crippen LogP contribution is -2.15. The van der Waals surface area contributed by atoms with Crippen LogP contribution in [0.1, 0.15) is 10.4 Å². The Kier molecular flexibility index (Phi) is 3.53. The van der Waals surface area contributed by atoms with Crippen molar-refractivity contribution in [2.75, 3.05) is 5.32 Å². The van der Waals surface area contributed by atoms with Crippen molar-refractivity contribution in [3.63, 3.8) is 0 Å². The van der Waals surface area contributed by atoms with Crippen molar-refractivity contribution in [1.82, 2.24) is 4.98 Å². The molecule has 1 aromatic carbocycles. The molecule has 18 heavy (non-hydrogen) atoms. The molecule has 2 aromatic rings. The summed E-state index contributed by atoms with van der Waals surface area (Å²) in [5.74, 6) is -3.36. The Bertz CT molecular complexity index is 604. The third-order valence-electron chi connectivity index (χ3n) is 2.17. The third kappa shape index (κ3) is 2.62. The van der Waals surface area contributed by atoms with Crippen molar-refractivity contribution in [3.05, 3.63) is 58.9 Å². The second-order valence-corrected chi connectivity index (χ2v) is 3.86. The van der Waals surface area contributed by atoms with Gasteiger partial charge in [0.05, 0.1) is 5.56 Å². The summed E-state index contributed by atoms with van der Waals surface area (Å²) in [5.41, 5.74) is -0.0217. The zero-order chi connectivity index (χ0) is 13.1. The highest BCUT2D eigenvalue weighted by molar-refractivity contribution is 6.30. The van der Waals surface area contributed by atoms with Crippen LogP contribution in [0.25, 0.3) is 0 Å². The van der Waals surface area contributed by atoms with Crippen molar-refractivity contribution in [3.8, 4) is 0 Å². The van der Waals surface area contributed by atoms with Crippen molar-refractivity contribution in [2.24, 2.45) is 0 Å². The van der Waals surface area contributed by atoms with Gasteiger partial charge in [-0.3, -0.25) is 4.79 Å². The Labute approximate surface area is 106 Å². The van der Waals surface area contributed by atoms with Crippen LogP contribution in [0.3, 0.4) is 0 Å². The van der Waals surface area contributed by atoms with Crippen LogP contribution in [0.4, 0.5) is 14.5 Å². The van der Waals surface area contributed by atoms with E-state index < -0.39 is 23.2 Å². The maximum absolute atomic E-state index is 13.3. The van der Waals surface area contributed by atoms with Crippen LogP contribution >= 0.6 is 11.6 Å². The molecule has 92 valence electrons. The summed E-state index contributed by atoms with van der Waals surface area (Å²) in [4.78, 5) is 14.8. The molecule has 1 amide bonds. The molecule has 0 bridgehead atoms. The predicted octanol–water partition coefficient (Wildman–Crippen LogP) is 3.27. The number of carbonyl (C=O) groups is 1. The summed E-state index contributed by atoms with van der Waals surface area (Å²) in [5, 5.41) is 2.83. The number of amides is 1. The summed E-state index contributed by atoms with van der Waals surface area (Å²) in [7, 11) is 0. The summed E-state index contributed by atoms with van der Waals surface area (Å²) in [6.45, 7) is 0. The van der Waals surface area contributed by atoms with Crippen molar-refractivity contribution < 1.29 is 13.6 Å². The van der Waals surface area contributed by atoms with E-state index in [0.717, 1.165) is 12.3 Å². The van der Waals surface area contributed by atoms with E-state index in [0.29, 0.717) is 10.7 Å². The number of rotatable bonds is 2. The molecule has 6 heteroatoms. The number of benzene rings is 1. The number of hydrogen-bond acceptors (Lipinski definition) is 2. The topological polar surface area (TPSA) is 42.0 Å². The van der Waals surface area contributed by atoms with Crippen LogP contribution in [0.5, 0.6) is 0 Å². The predicted molar refractivity (Wildman–Crippen MR) is 63.6 cm³/mol. The van der Waals surface area contributed by atoms with E-state index in [2.05, 4.69) is 10.3 Å². The fourth-order valence-corrected chi connectivity index (χ4v) is 1.55. The molecular formula is C12H7ClF2N2O. The van der Waals surface area contributed by atoms with Crippen molar-refractivity contribution in [2.45, 2.75) is 0 Å². The molecular weight excluding hydrogens is 262 g/mol. The van der Waals surface area contributed by atoms with E-state index in [4.69, 9.17) is 11.6 Å². The smallest absolute Gasteiger partial charge is 0.258 e. The number of carbonyl (C=O) groups excluding carboxylic acids is 1. The van der Waals surface area contributed by atoms with Crippen molar-refractivity contribution in [1.29, 1.82) is 0 Å². The summed E-state index contributed by atoms with van der Waals surface area (Å²) < 4.78 is 26.2. The molecule has 0 atom stereocenters. The van der Waals surface area contributed by atoms with Gasteiger partial charge in [0.1, 0.15) is 0 Å². The summed E-state index contributed by atoms with van der Waals surface area (Å²) >= 11 is 5.74. The first-order valence-corrected chi connectivity index (χ1v) is 5.32. The zero-order valence-corrected chi connectivity index (χ0v) is 9.71. The van der Waals surface area contributed by atoms with Gasteiger partial charge in [0.15, 0.2) is 5.82 Å². The van der Waals surface area contributed by atoms with E-state index in [9.17, 15) is 13.6 Å². The first kappa shape index (κ1) is 12.4. The minimum atomic E-state index is -1.31. The summed E-state index contributed by atoms with van der Waals surface area (Å²) in [6, 6.07) is 7.43. The number of halogens is 3. The number of pyridine rings is 1. The van der Waals surface area contributed by atoms with Crippen LogP contribution in [0, 0.1) is 11.8 Å². The van der Waals surface area contributed by atoms with Gasteiger partial charge in [-0.05, 0) is 24.3 Å². The van der Waals surface area contributed by atoms with E-state index in [1.165, 1.54) is 6.07 Å². The quantitative estimate of drug-likeness (QED) is 0.850. The fraction of sp³-hybridized carbons (Fsp3) is 0. The normalized spacial score (nSPS) is 10.2. The molecule has 0 saturated carbocycles. The van der Waals surface area contributed by atoms with Gasteiger partial charge in [-0.25, -0.2) is 9.37 Å². The van der Waals surface area contributed by atoms with Gasteiger partial charge < -0.3 is 5.32 Å². The summed E-state index contributed by atoms with van der Waals surface area (Å²) in [6.07, 6.45) is 1.02. The lowest BCUT2D eigenvalue weighted by Gasteiger charge is -2.06. The van der Waals surface area contributed by atoms with E-state index in [-0.39, 0.29) is 0 Å². The Morgan fingerprint density at radius 1 is 1.28 bits per heavy atom. The van der Waals surface area contributed by atoms with Crippen LogP contribution in [0.2, 0.25) is 5.02 Å². The first-order chi connectivity index (χ1) is 8.58. The molecule has 0 aliphatic carbocycles. The van der Waals surface area contributed by atoms with Crippen LogP contribution in [-0.4, -0.2) is 10.9 Å². The molecule has 0 unspecified atom stereocenters. The molecule has 0 saturated heterocycles. The zero-order valence-electron chi connectivity index (χ0n) is 8.95. The Morgan fingerprint density at radius 2 is 2.06 bits per heavy atom. The molecule has 1 N–H and O–H groups in total. The van der Waals surface area contributed by atoms with Gasteiger partial charge in [0.25, 0.3) is 5.91 Å². The number of nitrogens with zero attached hydrogens (tertiary/aromatic N) is 1. The van der Waals surface area contributed by atoms with Gasteiger partial charge in [-0.2, -0.15) is 4.39 Å². The standard InChI is InChI=1S/C12H7ClF2N2O/c13-7-2-1-3-8(6-7)17-12(18)9-4-5-16-11(15)10(9)14/h1-6H,(H,17,18). The number of nitrogens with one attached hydrogen (secondary N) is 1. The molecule has 0 aliphatic rings. The molecule has 0 aliphatic heterocycles. The lowest BCUT2D eigenvalue weighted by atomic mass is 10.2. The monoisotopic (exact) mass is 268 g/mol. The molecule has 3 nitrogen and oxygen atoms in total. The maximum Gasteiger partial charge on any atom is 0.258 e. The number of aromatic nitrogens is 1. The second-order valence-electron chi connectivity index (χ2n) is 3.43. The molecule has 0 spiro atoms. The molecule has 1 aromatic heterocycles. The van der Waals surface area contributed by atoms with Gasteiger partial charge in [0, 0.05) is 16.9 Å². The largest absolute Gasteiger partial charge is 0.322 e. The molecule has 2 rings (SSSR count). The van der Waals surface area contributed by atoms with Crippen molar-refractivity contribution >= 4 is 23.2 Å². The minimum Gasteiger partial charge on any atom is -0.322 e. The average Bonchev–Trinajstić information content (AvgIpc) is 2.32. The van der Waals surface area contributed by atoms with Gasteiger partial charge in [-0.15, -0.1) is 0 Å². The van der Waals surface area contributed by atoms with Crippen LogP contribution in [0.15, 0.2) is 36.5 Å². The van der Waals surface area contributed by atoms with Gasteiger partial charge in [-0.1, -0.05) is 17.7 Å². The number of anilines is 1. The fourth-order valence-electron chi connectivity index (χ4n) is 1.36. The maximum atomic E-state index is 13.3. The van der Waals surface area contributed by atoms with Gasteiger partial charge in [0.2, 0.25) is 5.95 Å². The Morgan fingerprint density at radius 3 is 2.78 bits per heavy atom. The van der Waals surface area contributed by atoms with E-state index in [1.54, 1.807) is 18.2 Å². The van der Waals surface area contributed by atoms with Crippen LogP contribution < -0.4 is 5.32 Å². The van der Waals surface area contributed by atoms with Crippen LogP contribution in [-0.2, 0) is 0 Å². The minimum absolute atomic E-state index is 0.393. The lowest BCUT2D eigenvalue weighted by molar-refractivity contribution is 0.102. The SMILES string of the molecule is O=C(Nc1cccc(Cl)c1)c1ccnc(F)c1F. The first-order valence-electron chi connectivity index (χ1n) is 4.95. The highest BCUT2D eigenvalue weighted by Crippen LogP contribution is 2.17. The number of hydrogen-bond donors (Lipinski definition) is 1. The second kappa shape index (κ2) is 5.10. The average molecular weight is 269 g/mol. The molecule has 0 radical (unpaired) electrons. The van der Waals surface area contributed by atoms with Gasteiger partial charge >= 0.3 is 0 Å².